The molecule has 23 heavy (non-hydrogen) atoms. The van der Waals surface area contributed by atoms with Crippen LogP contribution < -0.4 is 10.6 Å². The van der Waals surface area contributed by atoms with Crippen LogP contribution >= 0.6 is 0 Å². The first-order valence-corrected chi connectivity index (χ1v) is 7.87. The Bertz CT molecular complexity index is 670. The lowest BCUT2D eigenvalue weighted by molar-refractivity contribution is 0.0953. The second-order valence-corrected chi connectivity index (χ2v) is 5.59. The number of hydrogen-bond acceptors (Lipinski definition) is 2. The summed E-state index contributed by atoms with van der Waals surface area (Å²) in [4.78, 5) is 12.4. The highest BCUT2D eigenvalue weighted by Crippen LogP contribution is 2.11. The van der Waals surface area contributed by atoms with E-state index in [2.05, 4.69) is 10.6 Å². The maximum absolute atomic E-state index is 13.1. The van der Waals surface area contributed by atoms with Gasteiger partial charge in [-0.1, -0.05) is 24.3 Å². The zero-order valence-electron chi connectivity index (χ0n) is 13.7. The molecule has 0 aromatic heterocycles. The monoisotopic (exact) mass is 314 g/mol. The molecular weight excluding hydrogens is 291 g/mol. The summed E-state index contributed by atoms with van der Waals surface area (Å²) in [6, 6.07) is 12.4. The molecule has 0 atom stereocenters. The van der Waals surface area contributed by atoms with Crippen molar-refractivity contribution in [3.05, 3.63) is 70.5 Å². The molecule has 2 N–H and O–H groups in total. The predicted molar refractivity (Wildman–Crippen MR) is 91.2 cm³/mol. The van der Waals surface area contributed by atoms with Gasteiger partial charge in [0, 0.05) is 12.1 Å². The van der Waals surface area contributed by atoms with E-state index in [9.17, 15) is 9.18 Å². The highest BCUT2D eigenvalue weighted by atomic mass is 19.1. The number of likely N-dealkylation sites (N-methyl/N-ethyl adjacent to an activating group) is 1. The van der Waals surface area contributed by atoms with Crippen LogP contribution in [0.25, 0.3) is 0 Å². The first-order valence-electron chi connectivity index (χ1n) is 7.87. The van der Waals surface area contributed by atoms with E-state index >= 15 is 0 Å². The summed E-state index contributed by atoms with van der Waals surface area (Å²) in [5.74, 6) is -0.287. The zero-order chi connectivity index (χ0) is 16.7. The van der Waals surface area contributed by atoms with Crippen LogP contribution in [0, 0.1) is 12.7 Å². The molecule has 0 aliphatic heterocycles. The molecule has 1 amide bonds. The van der Waals surface area contributed by atoms with Crippen LogP contribution in [0.3, 0.4) is 0 Å². The van der Waals surface area contributed by atoms with Gasteiger partial charge in [-0.15, -0.1) is 0 Å². The zero-order valence-corrected chi connectivity index (χ0v) is 13.7. The lowest BCUT2D eigenvalue weighted by Crippen LogP contribution is -2.27. The van der Waals surface area contributed by atoms with Gasteiger partial charge >= 0.3 is 0 Å². The average molecular weight is 314 g/mol. The van der Waals surface area contributed by atoms with E-state index in [-0.39, 0.29) is 11.7 Å². The molecule has 4 heteroatoms. The average Bonchev–Trinajstić information content (AvgIpc) is 2.55. The number of benzene rings is 2. The molecule has 0 aliphatic rings. The topological polar surface area (TPSA) is 41.1 Å². The minimum atomic E-state index is -0.228. The number of aryl methyl sites for hydroxylation is 1. The van der Waals surface area contributed by atoms with Gasteiger partial charge in [0.1, 0.15) is 5.82 Å². The van der Waals surface area contributed by atoms with Gasteiger partial charge in [0.15, 0.2) is 0 Å². The number of carbonyl (C=O) groups is 1. The smallest absolute Gasteiger partial charge is 0.251 e. The Balaban J connectivity index is 1.94. The van der Waals surface area contributed by atoms with Crippen LogP contribution in [0.2, 0.25) is 0 Å². The summed E-state index contributed by atoms with van der Waals surface area (Å²) in [5, 5.41) is 6.05. The normalized spacial score (nSPS) is 10.6. The van der Waals surface area contributed by atoms with Crippen molar-refractivity contribution in [1.82, 2.24) is 10.6 Å². The number of carbonyl (C=O) groups excluding carboxylic acids is 1. The minimum absolute atomic E-state index is 0.0588. The van der Waals surface area contributed by atoms with E-state index in [1.54, 1.807) is 6.07 Å². The minimum Gasteiger partial charge on any atom is -0.352 e. The van der Waals surface area contributed by atoms with E-state index < -0.39 is 0 Å². The van der Waals surface area contributed by atoms with Gasteiger partial charge in [0.05, 0.1) is 0 Å². The Morgan fingerprint density at radius 1 is 1.04 bits per heavy atom. The van der Waals surface area contributed by atoms with E-state index in [1.807, 2.05) is 38.2 Å². The van der Waals surface area contributed by atoms with Crippen LogP contribution in [0.15, 0.2) is 42.5 Å². The molecule has 0 saturated carbocycles. The van der Waals surface area contributed by atoms with Gasteiger partial charge in [0.25, 0.3) is 5.91 Å². The van der Waals surface area contributed by atoms with Crippen molar-refractivity contribution < 1.29 is 9.18 Å². The summed E-state index contributed by atoms with van der Waals surface area (Å²) in [6.45, 7) is 3.25. The van der Waals surface area contributed by atoms with E-state index in [4.69, 9.17) is 0 Å². The van der Waals surface area contributed by atoms with Gasteiger partial charge in [-0.2, -0.15) is 0 Å². The first kappa shape index (κ1) is 17.2. The second-order valence-electron chi connectivity index (χ2n) is 5.59. The second kappa shape index (κ2) is 8.44. The van der Waals surface area contributed by atoms with Crippen molar-refractivity contribution in [3.63, 3.8) is 0 Å². The fraction of sp³-hybridized carbons (Fsp3) is 0.316. The summed E-state index contributed by atoms with van der Waals surface area (Å²) < 4.78 is 13.1. The third-order valence-electron chi connectivity index (χ3n) is 3.89. The maximum Gasteiger partial charge on any atom is 0.251 e. The number of hydrogen-bond donors (Lipinski definition) is 2. The van der Waals surface area contributed by atoms with Crippen molar-refractivity contribution in [2.24, 2.45) is 0 Å². The van der Waals surface area contributed by atoms with Crippen LogP contribution in [0.4, 0.5) is 4.39 Å². The molecule has 0 saturated heterocycles. The molecule has 0 bridgehead atoms. The molecule has 3 nitrogen and oxygen atoms in total. The van der Waals surface area contributed by atoms with Crippen molar-refractivity contribution in [2.75, 3.05) is 20.1 Å². The molecule has 0 spiro atoms. The lowest BCUT2D eigenvalue weighted by Gasteiger charge is -2.11. The molecule has 0 fully saturated rings. The quantitative estimate of drug-likeness (QED) is 0.825. The number of amides is 1. The highest BCUT2D eigenvalue weighted by Gasteiger charge is 2.10. The SMILES string of the molecule is CNCCc1ccccc1C(=O)NCCc1ccc(F)cc1C. The van der Waals surface area contributed by atoms with Crippen molar-refractivity contribution >= 4 is 5.91 Å². The molecule has 2 rings (SSSR count). The molecule has 122 valence electrons. The summed E-state index contributed by atoms with van der Waals surface area (Å²) in [5.41, 5.74) is 3.72. The Hall–Kier alpha value is -2.20. The Morgan fingerprint density at radius 2 is 1.78 bits per heavy atom. The van der Waals surface area contributed by atoms with Crippen molar-refractivity contribution in [1.29, 1.82) is 0 Å². The van der Waals surface area contributed by atoms with Gasteiger partial charge in [-0.05, 0) is 68.2 Å². The highest BCUT2D eigenvalue weighted by molar-refractivity contribution is 5.95. The number of rotatable bonds is 7. The fourth-order valence-electron chi connectivity index (χ4n) is 2.57. The van der Waals surface area contributed by atoms with Crippen LogP contribution in [-0.4, -0.2) is 26.0 Å². The maximum atomic E-state index is 13.1. The molecular formula is C19H23FN2O. The van der Waals surface area contributed by atoms with E-state index in [1.165, 1.54) is 12.1 Å². The van der Waals surface area contributed by atoms with Gasteiger partial charge in [0.2, 0.25) is 0 Å². The summed E-state index contributed by atoms with van der Waals surface area (Å²) >= 11 is 0. The van der Waals surface area contributed by atoms with Crippen molar-refractivity contribution in [3.8, 4) is 0 Å². The molecule has 2 aromatic rings. The Labute approximate surface area is 136 Å². The third kappa shape index (κ3) is 4.89. The first-order chi connectivity index (χ1) is 11.1. The molecule has 0 unspecified atom stereocenters. The van der Waals surface area contributed by atoms with E-state index in [0.29, 0.717) is 13.0 Å². The van der Waals surface area contributed by atoms with Gasteiger partial charge in [-0.25, -0.2) is 4.39 Å². The number of nitrogens with one attached hydrogen (secondary N) is 2. The van der Waals surface area contributed by atoms with E-state index in [0.717, 1.165) is 35.2 Å². The van der Waals surface area contributed by atoms with Crippen molar-refractivity contribution in [2.45, 2.75) is 19.8 Å². The largest absolute Gasteiger partial charge is 0.352 e. The van der Waals surface area contributed by atoms with Crippen LogP contribution in [0.1, 0.15) is 27.0 Å². The standard InChI is InChI=1S/C19H23FN2O/c1-14-13-17(20)8-7-15(14)10-12-22-19(23)18-6-4-3-5-16(18)9-11-21-2/h3-8,13,21H,9-12H2,1-2H3,(H,22,23). The molecule has 0 aliphatic carbocycles. The lowest BCUT2D eigenvalue weighted by atomic mass is 10.0. The predicted octanol–water partition coefficient (Wildman–Crippen LogP) is 2.87. The van der Waals surface area contributed by atoms with Crippen LogP contribution in [-0.2, 0) is 12.8 Å². The summed E-state index contributed by atoms with van der Waals surface area (Å²) in [6.07, 6.45) is 1.51. The Kier molecular flexibility index (Phi) is 6.29. The van der Waals surface area contributed by atoms with Gasteiger partial charge in [-0.3, -0.25) is 4.79 Å². The van der Waals surface area contributed by atoms with Crippen LogP contribution in [0.5, 0.6) is 0 Å². The Morgan fingerprint density at radius 3 is 2.52 bits per heavy atom. The van der Waals surface area contributed by atoms with Gasteiger partial charge < -0.3 is 10.6 Å². The third-order valence-corrected chi connectivity index (χ3v) is 3.89. The fourth-order valence-corrected chi connectivity index (χ4v) is 2.57. The molecule has 0 heterocycles. The number of halogens is 1. The molecule has 2 aromatic carbocycles. The molecule has 0 radical (unpaired) electrons. The summed E-state index contributed by atoms with van der Waals surface area (Å²) in [7, 11) is 1.90.